The monoisotopic (exact) mass is 245 g/mol. The van der Waals surface area contributed by atoms with E-state index < -0.39 is 15.6 Å². The Kier molecular flexibility index (Phi) is 4.22. The molecule has 0 unspecified atom stereocenters. The minimum Gasteiger partial charge on any atom is -0.328 e. The van der Waals surface area contributed by atoms with Crippen LogP contribution in [-0.2, 0) is 10.0 Å². The highest BCUT2D eigenvalue weighted by Crippen LogP contribution is 1.99. The van der Waals surface area contributed by atoms with Gasteiger partial charge in [0.2, 0.25) is 10.0 Å². The van der Waals surface area contributed by atoms with Gasteiger partial charge >= 0.3 is 0 Å². The van der Waals surface area contributed by atoms with Crippen molar-refractivity contribution in [3.63, 3.8) is 0 Å². The summed E-state index contributed by atoms with van der Waals surface area (Å²) in [6.07, 6.45) is 1.39. The molecule has 0 bridgehead atoms. The van der Waals surface area contributed by atoms with Crippen LogP contribution in [0.3, 0.4) is 0 Å². The van der Waals surface area contributed by atoms with Crippen LogP contribution in [0.2, 0.25) is 0 Å². The van der Waals surface area contributed by atoms with Crippen LogP contribution >= 0.6 is 0 Å². The van der Waals surface area contributed by atoms with Crippen LogP contribution in [0.25, 0.3) is 0 Å². The van der Waals surface area contributed by atoms with E-state index >= 15 is 0 Å². The molecule has 0 saturated carbocycles. The third kappa shape index (κ3) is 3.44. The Morgan fingerprint density at radius 2 is 2.12 bits per heavy atom. The molecule has 6 nitrogen and oxygen atoms in total. The quantitative estimate of drug-likeness (QED) is 0.712. The van der Waals surface area contributed by atoms with Crippen LogP contribution in [0.1, 0.15) is 0 Å². The predicted octanol–water partition coefficient (Wildman–Crippen LogP) is -0.785. The number of hydrogen-bond donors (Lipinski definition) is 2. The van der Waals surface area contributed by atoms with Gasteiger partial charge in [0.1, 0.15) is 4.90 Å². The molecule has 0 spiro atoms. The molecular weight excluding hydrogens is 230 g/mol. The second-order valence-electron chi connectivity index (χ2n) is 3.56. The lowest BCUT2D eigenvalue weighted by molar-refractivity contribution is 0.412. The number of aromatic amines is 1. The Bertz CT molecular complexity index is 493. The van der Waals surface area contributed by atoms with E-state index in [0.717, 1.165) is 0 Å². The molecule has 0 fully saturated rings. The third-order valence-corrected chi connectivity index (χ3v) is 3.41. The molecule has 90 valence electrons. The molecule has 1 aromatic heterocycles. The highest BCUT2D eigenvalue weighted by Gasteiger charge is 2.16. The normalized spacial score (nSPS) is 11.9. The SMILES string of the molecule is CN(C)CCNS(=O)(=O)c1ccc[nH]c1=O. The first kappa shape index (κ1) is 12.9. The summed E-state index contributed by atoms with van der Waals surface area (Å²) < 4.78 is 25.7. The fourth-order valence-electron chi connectivity index (χ4n) is 1.10. The van der Waals surface area contributed by atoms with Crippen molar-refractivity contribution in [1.82, 2.24) is 14.6 Å². The van der Waals surface area contributed by atoms with Crippen LogP contribution in [0.5, 0.6) is 0 Å². The van der Waals surface area contributed by atoms with E-state index in [1.165, 1.54) is 18.3 Å². The molecule has 0 aromatic carbocycles. The average molecular weight is 245 g/mol. The molecule has 0 aliphatic rings. The van der Waals surface area contributed by atoms with E-state index in [-0.39, 0.29) is 11.4 Å². The minimum absolute atomic E-state index is 0.256. The molecule has 1 rings (SSSR count). The zero-order valence-corrected chi connectivity index (χ0v) is 10.0. The summed E-state index contributed by atoms with van der Waals surface area (Å²) in [7, 11) is -0.0332. The lowest BCUT2D eigenvalue weighted by Crippen LogP contribution is -2.34. The molecule has 0 atom stereocenters. The molecule has 0 saturated heterocycles. The van der Waals surface area contributed by atoms with Gasteiger partial charge in [0.05, 0.1) is 0 Å². The minimum atomic E-state index is -3.71. The van der Waals surface area contributed by atoms with Crippen molar-refractivity contribution in [2.75, 3.05) is 27.2 Å². The van der Waals surface area contributed by atoms with E-state index in [0.29, 0.717) is 6.54 Å². The maximum absolute atomic E-state index is 11.7. The van der Waals surface area contributed by atoms with Crippen LogP contribution in [0.4, 0.5) is 0 Å². The Morgan fingerprint density at radius 3 is 2.69 bits per heavy atom. The number of H-pyrrole nitrogens is 1. The van der Waals surface area contributed by atoms with Gasteiger partial charge < -0.3 is 9.88 Å². The maximum atomic E-state index is 11.7. The Labute approximate surface area is 94.3 Å². The first-order valence-corrected chi connectivity index (χ1v) is 6.24. The summed E-state index contributed by atoms with van der Waals surface area (Å²) in [6, 6.07) is 2.75. The van der Waals surface area contributed by atoms with Crippen LogP contribution in [0.15, 0.2) is 28.0 Å². The summed E-state index contributed by atoms with van der Waals surface area (Å²) in [4.78, 5) is 15.2. The van der Waals surface area contributed by atoms with Gasteiger partial charge in [-0.25, -0.2) is 13.1 Å². The summed E-state index contributed by atoms with van der Waals surface area (Å²) in [5, 5.41) is 0. The maximum Gasteiger partial charge on any atom is 0.268 e. The third-order valence-electron chi connectivity index (χ3n) is 1.92. The Balaban J connectivity index is 2.80. The molecule has 0 aliphatic carbocycles. The Morgan fingerprint density at radius 1 is 1.44 bits per heavy atom. The first-order chi connectivity index (χ1) is 7.43. The average Bonchev–Trinajstić information content (AvgIpc) is 2.17. The number of aromatic nitrogens is 1. The number of pyridine rings is 1. The van der Waals surface area contributed by atoms with Crippen molar-refractivity contribution in [1.29, 1.82) is 0 Å². The van der Waals surface area contributed by atoms with Crippen molar-refractivity contribution >= 4 is 10.0 Å². The molecule has 16 heavy (non-hydrogen) atoms. The van der Waals surface area contributed by atoms with Crippen LogP contribution < -0.4 is 10.3 Å². The molecule has 7 heteroatoms. The van der Waals surface area contributed by atoms with Crippen molar-refractivity contribution in [3.05, 3.63) is 28.7 Å². The molecule has 2 N–H and O–H groups in total. The second-order valence-corrected chi connectivity index (χ2v) is 5.30. The summed E-state index contributed by atoms with van der Waals surface area (Å²) in [5.74, 6) is 0. The fourth-order valence-corrected chi connectivity index (χ4v) is 2.18. The fraction of sp³-hybridized carbons (Fsp3) is 0.444. The summed E-state index contributed by atoms with van der Waals surface area (Å²) in [6.45, 7) is 0.841. The highest BCUT2D eigenvalue weighted by molar-refractivity contribution is 7.89. The lowest BCUT2D eigenvalue weighted by Gasteiger charge is -2.10. The van der Waals surface area contributed by atoms with Gasteiger partial charge in [-0.2, -0.15) is 0 Å². The van der Waals surface area contributed by atoms with Gasteiger partial charge in [0, 0.05) is 19.3 Å². The molecular formula is C9H15N3O3S. The van der Waals surface area contributed by atoms with Crippen LogP contribution in [0, 0.1) is 0 Å². The van der Waals surface area contributed by atoms with E-state index in [1.54, 1.807) is 0 Å². The number of rotatable bonds is 5. The second kappa shape index (κ2) is 5.24. The molecule has 1 aromatic rings. The van der Waals surface area contributed by atoms with E-state index in [1.807, 2.05) is 19.0 Å². The molecule has 0 amide bonds. The van der Waals surface area contributed by atoms with Crippen LogP contribution in [-0.4, -0.2) is 45.5 Å². The summed E-state index contributed by atoms with van der Waals surface area (Å²) >= 11 is 0. The van der Waals surface area contributed by atoms with Gasteiger partial charge in [-0.1, -0.05) is 0 Å². The van der Waals surface area contributed by atoms with E-state index in [2.05, 4.69) is 9.71 Å². The predicted molar refractivity (Wildman–Crippen MR) is 60.8 cm³/mol. The van der Waals surface area contributed by atoms with Crippen molar-refractivity contribution in [2.45, 2.75) is 4.90 Å². The number of nitrogens with zero attached hydrogens (tertiary/aromatic N) is 1. The standard InChI is InChI=1S/C9H15N3O3S/c1-12(2)7-6-11-16(14,15)8-4-3-5-10-9(8)13/h3-5,11H,6-7H2,1-2H3,(H,10,13). The van der Waals surface area contributed by atoms with Crippen molar-refractivity contribution < 1.29 is 8.42 Å². The summed E-state index contributed by atoms with van der Waals surface area (Å²) in [5.41, 5.74) is -0.611. The zero-order chi connectivity index (χ0) is 12.2. The largest absolute Gasteiger partial charge is 0.328 e. The first-order valence-electron chi connectivity index (χ1n) is 4.75. The number of sulfonamides is 1. The van der Waals surface area contributed by atoms with E-state index in [4.69, 9.17) is 0 Å². The van der Waals surface area contributed by atoms with Crippen molar-refractivity contribution in [2.24, 2.45) is 0 Å². The van der Waals surface area contributed by atoms with Crippen molar-refractivity contribution in [3.8, 4) is 0 Å². The molecule has 0 radical (unpaired) electrons. The van der Waals surface area contributed by atoms with Gasteiger partial charge in [-0.3, -0.25) is 4.79 Å². The number of nitrogens with one attached hydrogen (secondary N) is 2. The molecule has 1 heterocycles. The highest BCUT2D eigenvalue weighted by atomic mass is 32.2. The number of likely N-dealkylation sites (N-methyl/N-ethyl adjacent to an activating group) is 1. The zero-order valence-electron chi connectivity index (χ0n) is 9.23. The Hall–Kier alpha value is -1.18. The topological polar surface area (TPSA) is 82.3 Å². The van der Waals surface area contributed by atoms with Gasteiger partial charge in [0.25, 0.3) is 5.56 Å². The number of hydrogen-bond acceptors (Lipinski definition) is 4. The van der Waals surface area contributed by atoms with E-state index in [9.17, 15) is 13.2 Å². The molecule has 0 aliphatic heterocycles. The lowest BCUT2D eigenvalue weighted by atomic mass is 10.5. The smallest absolute Gasteiger partial charge is 0.268 e. The van der Waals surface area contributed by atoms with Gasteiger partial charge in [0.15, 0.2) is 0 Å². The van der Waals surface area contributed by atoms with Gasteiger partial charge in [-0.15, -0.1) is 0 Å². The van der Waals surface area contributed by atoms with Gasteiger partial charge in [-0.05, 0) is 26.2 Å².